The molecule has 1 aromatic carbocycles. The summed E-state index contributed by atoms with van der Waals surface area (Å²) in [5, 5.41) is 13.8. The Hall–Kier alpha value is -2.63. The number of rotatable bonds is 8. The summed E-state index contributed by atoms with van der Waals surface area (Å²) in [5.41, 5.74) is 1.20. The van der Waals surface area contributed by atoms with Gasteiger partial charge in [-0.15, -0.1) is 0 Å². The van der Waals surface area contributed by atoms with E-state index in [9.17, 15) is 18.0 Å². The SMILES string of the molecule is CC(C)C[C@H](N[C@@H](c1ccc(-c2cnccc2Cl)cc1)C(F)(F)F)C(=O)NCC#N. The van der Waals surface area contributed by atoms with Gasteiger partial charge in [-0.3, -0.25) is 15.1 Å². The topological polar surface area (TPSA) is 77.8 Å². The number of nitrogens with zero attached hydrogens (tertiary/aromatic N) is 2. The Bertz CT molecular complexity index is 894. The van der Waals surface area contributed by atoms with Crippen LogP contribution in [0.5, 0.6) is 0 Å². The minimum absolute atomic E-state index is 0.0284. The number of carbonyl (C=O) groups is 1. The van der Waals surface area contributed by atoms with Crippen LogP contribution in [-0.2, 0) is 4.79 Å². The molecule has 1 amide bonds. The smallest absolute Gasteiger partial charge is 0.342 e. The molecule has 9 heteroatoms. The van der Waals surface area contributed by atoms with Crippen molar-refractivity contribution in [3.63, 3.8) is 0 Å². The van der Waals surface area contributed by atoms with Crippen molar-refractivity contribution in [1.29, 1.82) is 5.26 Å². The Kier molecular flexibility index (Phi) is 8.21. The summed E-state index contributed by atoms with van der Waals surface area (Å²) in [4.78, 5) is 16.3. The van der Waals surface area contributed by atoms with Crippen LogP contribution in [-0.4, -0.2) is 29.7 Å². The van der Waals surface area contributed by atoms with Crippen molar-refractivity contribution in [3.05, 3.63) is 53.3 Å². The molecule has 2 aromatic rings. The number of halogens is 4. The van der Waals surface area contributed by atoms with E-state index in [2.05, 4.69) is 15.6 Å². The predicted octanol–water partition coefficient (Wildman–Crippen LogP) is 4.65. The van der Waals surface area contributed by atoms with Crippen molar-refractivity contribution in [1.82, 2.24) is 15.6 Å². The summed E-state index contributed by atoms with van der Waals surface area (Å²) in [5.74, 6) is -0.669. The van der Waals surface area contributed by atoms with Crippen LogP contribution >= 0.6 is 11.6 Å². The molecule has 2 N–H and O–H groups in total. The Labute approximate surface area is 178 Å². The van der Waals surface area contributed by atoms with Crippen LogP contribution < -0.4 is 10.6 Å². The van der Waals surface area contributed by atoms with Crippen LogP contribution in [0, 0.1) is 17.2 Å². The number of amides is 1. The highest BCUT2D eigenvalue weighted by molar-refractivity contribution is 6.33. The number of benzene rings is 1. The van der Waals surface area contributed by atoms with Gasteiger partial charge in [0.1, 0.15) is 12.6 Å². The van der Waals surface area contributed by atoms with Crippen molar-refractivity contribution in [3.8, 4) is 17.2 Å². The molecule has 0 aliphatic heterocycles. The molecule has 30 heavy (non-hydrogen) atoms. The zero-order chi connectivity index (χ0) is 22.3. The highest BCUT2D eigenvalue weighted by atomic mass is 35.5. The second kappa shape index (κ2) is 10.4. The van der Waals surface area contributed by atoms with Crippen LogP contribution in [0.2, 0.25) is 5.02 Å². The quantitative estimate of drug-likeness (QED) is 0.588. The van der Waals surface area contributed by atoms with Gasteiger partial charge in [0.25, 0.3) is 0 Å². The van der Waals surface area contributed by atoms with Crippen LogP contribution in [0.4, 0.5) is 13.2 Å². The number of hydrogen-bond donors (Lipinski definition) is 2. The van der Waals surface area contributed by atoms with Crippen LogP contribution in [0.1, 0.15) is 31.9 Å². The van der Waals surface area contributed by atoms with Gasteiger partial charge in [-0.25, -0.2) is 0 Å². The van der Waals surface area contributed by atoms with E-state index in [1.165, 1.54) is 36.7 Å². The highest BCUT2D eigenvalue weighted by Crippen LogP contribution is 2.35. The second-order valence-corrected chi connectivity index (χ2v) is 7.58. The summed E-state index contributed by atoms with van der Waals surface area (Å²) >= 11 is 6.13. The Morgan fingerprint density at radius 2 is 1.90 bits per heavy atom. The fourth-order valence-corrected chi connectivity index (χ4v) is 3.21. The number of aromatic nitrogens is 1. The van der Waals surface area contributed by atoms with Gasteiger partial charge in [-0.05, 0) is 29.5 Å². The maximum Gasteiger partial charge on any atom is 0.407 e. The van der Waals surface area contributed by atoms with E-state index in [1.54, 1.807) is 26.0 Å². The van der Waals surface area contributed by atoms with Gasteiger partial charge in [0.2, 0.25) is 5.91 Å². The van der Waals surface area contributed by atoms with Crippen LogP contribution in [0.3, 0.4) is 0 Å². The average Bonchev–Trinajstić information content (AvgIpc) is 2.68. The molecule has 1 aromatic heterocycles. The van der Waals surface area contributed by atoms with Gasteiger partial charge < -0.3 is 5.32 Å². The molecule has 0 fully saturated rings. The molecule has 0 aliphatic carbocycles. The van der Waals surface area contributed by atoms with Crippen molar-refractivity contribution in [2.45, 2.75) is 38.5 Å². The molecular formula is C21H22ClF3N4O. The summed E-state index contributed by atoms with van der Waals surface area (Å²) in [7, 11) is 0. The highest BCUT2D eigenvalue weighted by Gasteiger charge is 2.42. The third kappa shape index (κ3) is 6.44. The molecule has 0 saturated carbocycles. The predicted molar refractivity (Wildman–Crippen MR) is 108 cm³/mol. The zero-order valence-corrected chi connectivity index (χ0v) is 17.3. The van der Waals surface area contributed by atoms with E-state index >= 15 is 0 Å². The van der Waals surface area contributed by atoms with E-state index < -0.39 is 24.2 Å². The Morgan fingerprint density at radius 1 is 1.23 bits per heavy atom. The number of carbonyl (C=O) groups excluding carboxylic acids is 1. The number of nitriles is 1. The second-order valence-electron chi connectivity index (χ2n) is 7.18. The summed E-state index contributed by atoms with van der Waals surface area (Å²) in [6.45, 7) is 3.34. The molecule has 0 aliphatic rings. The first-order chi connectivity index (χ1) is 14.1. The Morgan fingerprint density at radius 3 is 2.43 bits per heavy atom. The van der Waals surface area contributed by atoms with E-state index in [-0.39, 0.29) is 24.4 Å². The molecule has 5 nitrogen and oxygen atoms in total. The van der Waals surface area contributed by atoms with Crippen molar-refractivity contribution >= 4 is 17.5 Å². The molecule has 2 atom stereocenters. The van der Waals surface area contributed by atoms with Crippen molar-refractivity contribution in [2.24, 2.45) is 5.92 Å². The number of hydrogen-bond acceptors (Lipinski definition) is 4. The zero-order valence-electron chi connectivity index (χ0n) is 16.5. The lowest BCUT2D eigenvalue weighted by Crippen LogP contribution is -2.49. The van der Waals surface area contributed by atoms with E-state index in [0.29, 0.717) is 16.1 Å². The van der Waals surface area contributed by atoms with Gasteiger partial charge in [0.15, 0.2) is 0 Å². The van der Waals surface area contributed by atoms with E-state index in [0.717, 1.165) is 0 Å². The molecule has 160 valence electrons. The average molecular weight is 439 g/mol. The fraction of sp³-hybridized carbons (Fsp3) is 0.381. The first kappa shape index (κ1) is 23.6. The lowest BCUT2D eigenvalue weighted by molar-refractivity contribution is -0.161. The molecule has 0 bridgehead atoms. The van der Waals surface area contributed by atoms with Gasteiger partial charge in [-0.1, -0.05) is 49.7 Å². The first-order valence-electron chi connectivity index (χ1n) is 9.30. The molecule has 0 unspecified atom stereocenters. The first-order valence-corrected chi connectivity index (χ1v) is 9.68. The summed E-state index contributed by atoms with van der Waals surface area (Å²) in [6, 6.07) is 5.97. The fourth-order valence-electron chi connectivity index (χ4n) is 3.00. The molecule has 0 spiro atoms. The van der Waals surface area contributed by atoms with Crippen LogP contribution in [0.15, 0.2) is 42.7 Å². The van der Waals surface area contributed by atoms with Crippen LogP contribution in [0.25, 0.3) is 11.1 Å². The molecular weight excluding hydrogens is 417 g/mol. The van der Waals surface area contributed by atoms with Crippen molar-refractivity contribution in [2.75, 3.05) is 6.54 Å². The van der Waals surface area contributed by atoms with Gasteiger partial charge in [0, 0.05) is 18.0 Å². The maximum absolute atomic E-state index is 13.8. The summed E-state index contributed by atoms with van der Waals surface area (Å²) < 4.78 is 41.5. The number of pyridine rings is 1. The maximum atomic E-state index is 13.8. The lowest BCUT2D eigenvalue weighted by atomic mass is 9.98. The van der Waals surface area contributed by atoms with Gasteiger partial charge in [0.05, 0.1) is 17.1 Å². The van der Waals surface area contributed by atoms with E-state index in [1.807, 2.05) is 0 Å². The number of alkyl halides is 3. The van der Waals surface area contributed by atoms with Crippen molar-refractivity contribution < 1.29 is 18.0 Å². The molecule has 0 saturated heterocycles. The monoisotopic (exact) mass is 438 g/mol. The van der Waals surface area contributed by atoms with E-state index in [4.69, 9.17) is 16.9 Å². The normalized spacial score (nSPS) is 13.5. The molecule has 1 heterocycles. The third-order valence-electron chi connectivity index (χ3n) is 4.38. The minimum Gasteiger partial charge on any atom is -0.342 e. The largest absolute Gasteiger partial charge is 0.407 e. The van der Waals surface area contributed by atoms with Gasteiger partial charge >= 0.3 is 6.18 Å². The summed E-state index contributed by atoms with van der Waals surface area (Å²) in [6.07, 6.45) is -1.38. The standard InChI is InChI=1S/C21H22ClF3N4O/c1-13(2)11-18(20(30)28-10-8-26)29-19(21(23,24)25)15-5-3-14(4-6-15)16-12-27-9-7-17(16)22/h3-7,9,12-13,18-19,29H,10-11H2,1-2H3,(H,28,30)/t18-,19-/m0/s1. The van der Waals surface area contributed by atoms with Gasteiger partial charge in [-0.2, -0.15) is 18.4 Å². The molecule has 0 radical (unpaired) electrons. The third-order valence-corrected chi connectivity index (χ3v) is 4.71. The lowest BCUT2D eigenvalue weighted by Gasteiger charge is -2.28. The molecule has 2 rings (SSSR count). The minimum atomic E-state index is -4.63. The number of nitrogens with one attached hydrogen (secondary N) is 2. The Balaban J connectivity index is 2.31.